The first-order valence-electron chi connectivity index (χ1n) is 5.05. The van der Waals surface area contributed by atoms with Crippen LogP contribution in [0.5, 0.6) is 0 Å². The van der Waals surface area contributed by atoms with Gasteiger partial charge in [-0.1, -0.05) is 0 Å². The number of nitrogen functional groups attached to an aromatic ring is 1. The van der Waals surface area contributed by atoms with Crippen LogP contribution in [0.4, 0.5) is 10.2 Å². The van der Waals surface area contributed by atoms with E-state index >= 15 is 0 Å². The molecule has 0 aliphatic carbocycles. The number of anilines is 1. The zero-order chi connectivity index (χ0) is 12.6. The van der Waals surface area contributed by atoms with E-state index in [1.54, 1.807) is 6.07 Å². The number of benzene rings is 1. The van der Waals surface area contributed by atoms with Crippen molar-refractivity contribution in [3.8, 4) is 11.4 Å². The standard InChI is InChI=1S/C12H11FIN3/c1-6-5-8(13)3-4-9(6)12-16-7(2)10(14)11(15)17-12/h3-5H,1-2H3,(H2,15,16,17). The van der Waals surface area contributed by atoms with Gasteiger partial charge in [-0.25, -0.2) is 14.4 Å². The predicted molar refractivity (Wildman–Crippen MR) is 74.0 cm³/mol. The molecule has 0 aliphatic rings. The van der Waals surface area contributed by atoms with Gasteiger partial charge in [0.15, 0.2) is 5.82 Å². The minimum absolute atomic E-state index is 0.263. The van der Waals surface area contributed by atoms with E-state index in [9.17, 15) is 4.39 Å². The molecule has 0 spiro atoms. The third kappa shape index (κ3) is 2.38. The highest BCUT2D eigenvalue weighted by molar-refractivity contribution is 14.1. The minimum atomic E-state index is -0.263. The van der Waals surface area contributed by atoms with Gasteiger partial charge in [-0.2, -0.15) is 0 Å². The fraction of sp³-hybridized carbons (Fsp3) is 0.167. The van der Waals surface area contributed by atoms with Gasteiger partial charge in [-0.15, -0.1) is 0 Å². The number of rotatable bonds is 1. The van der Waals surface area contributed by atoms with Crippen LogP contribution in [0.1, 0.15) is 11.3 Å². The highest BCUT2D eigenvalue weighted by Gasteiger charge is 2.10. The average molecular weight is 343 g/mol. The first-order chi connectivity index (χ1) is 7.99. The Morgan fingerprint density at radius 1 is 1.24 bits per heavy atom. The van der Waals surface area contributed by atoms with Crippen molar-refractivity contribution in [2.24, 2.45) is 0 Å². The zero-order valence-electron chi connectivity index (χ0n) is 9.46. The summed E-state index contributed by atoms with van der Waals surface area (Å²) in [5.74, 6) is 0.733. The molecule has 1 aromatic heterocycles. The van der Waals surface area contributed by atoms with Gasteiger partial charge in [0.1, 0.15) is 11.6 Å². The van der Waals surface area contributed by atoms with E-state index in [4.69, 9.17) is 5.73 Å². The van der Waals surface area contributed by atoms with Gasteiger partial charge in [0, 0.05) is 5.56 Å². The molecule has 0 aliphatic heterocycles. The lowest BCUT2D eigenvalue weighted by Gasteiger charge is -2.08. The van der Waals surface area contributed by atoms with E-state index in [1.807, 2.05) is 13.8 Å². The monoisotopic (exact) mass is 343 g/mol. The van der Waals surface area contributed by atoms with Gasteiger partial charge in [-0.3, -0.25) is 0 Å². The zero-order valence-corrected chi connectivity index (χ0v) is 11.6. The molecule has 17 heavy (non-hydrogen) atoms. The van der Waals surface area contributed by atoms with E-state index in [1.165, 1.54) is 12.1 Å². The van der Waals surface area contributed by atoms with Crippen molar-refractivity contribution in [2.45, 2.75) is 13.8 Å². The number of hydrogen-bond donors (Lipinski definition) is 1. The van der Waals surface area contributed by atoms with Crippen molar-refractivity contribution in [3.63, 3.8) is 0 Å². The maximum atomic E-state index is 13.0. The molecule has 2 aromatic rings. The molecule has 3 nitrogen and oxygen atoms in total. The van der Waals surface area contributed by atoms with Gasteiger partial charge >= 0.3 is 0 Å². The molecule has 0 saturated heterocycles. The van der Waals surface area contributed by atoms with E-state index in [2.05, 4.69) is 32.6 Å². The fourth-order valence-corrected chi connectivity index (χ4v) is 1.82. The van der Waals surface area contributed by atoms with E-state index in [-0.39, 0.29) is 5.82 Å². The molecule has 0 radical (unpaired) electrons. The summed E-state index contributed by atoms with van der Waals surface area (Å²) in [5, 5.41) is 0. The molecule has 0 saturated carbocycles. The van der Waals surface area contributed by atoms with E-state index in [0.29, 0.717) is 11.6 Å². The summed E-state index contributed by atoms with van der Waals surface area (Å²) in [6.07, 6.45) is 0. The van der Waals surface area contributed by atoms with Crippen LogP contribution in [0, 0.1) is 23.2 Å². The van der Waals surface area contributed by atoms with Crippen LogP contribution < -0.4 is 5.73 Å². The van der Waals surface area contributed by atoms with Crippen LogP contribution >= 0.6 is 22.6 Å². The molecule has 2 rings (SSSR count). The van der Waals surface area contributed by atoms with Crippen LogP contribution in [-0.2, 0) is 0 Å². The second kappa shape index (κ2) is 4.56. The normalized spacial score (nSPS) is 10.6. The maximum absolute atomic E-state index is 13.0. The van der Waals surface area contributed by atoms with E-state index < -0.39 is 0 Å². The Bertz CT molecular complexity index is 561. The van der Waals surface area contributed by atoms with Crippen molar-refractivity contribution in [2.75, 3.05) is 5.73 Å². The minimum Gasteiger partial charge on any atom is -0.383 e. The Labute approximate surface area is 112 Å². The molecule has 2 N–H and O–H groups in total. The van der Waals surface area contributed by atoms with Gasteiger partial charge in [0.2, 0.25) is 0 Å². The quantitative estimate of drug-likeness (QED) is 0.810. The number of nitrogens with two attached hydrogens (primary N) is 1. The molecule has 1 aromatic carbocycles. The van der Waals surface area contributed by atoms with Crippen LogP contribution in [-0.4, -0.2) is 9.97 Å². The number of nitrogens with zero attached hydrogens (tertiary/aromatic N) is 2. The van der Waals surface area contributed by atoms with Crippen LogP contribution in [0.3, 0.4) is 0 Å². The Kier molecular flexibility index (Phi) is 3.28. The Hall–Kier alpha value is -1.24. The van der Waals surface area contributed by atoms with Crippen molar-refractivity contribution in [1.82, 2.24) is 9.97 Å². The van der Waals surface area contributed by atoms with Crippen molar-refractivity contribution >= 4 is 28.4 Å². The summed E-state index contributed by atoms with van der Waals surface area (Å²) in [6, 6.07) is 4.53. The van der Waals surface area contributed by atoms with Crippen molar-refractivity contribution < 1.29 is 4.39 Å². The smallest absolute Gasteiger partial charge is 0.162 e. The number of halogens is 2. The van der Waals surface area contributed by atoms with Gasteiger partial charge < -0.3 is 5.73 Å². The second-order valence-corrected chi connectivity index (χ2v) is 4.87. The summed E-state index contributed by atoms with van der Waals surface area (Å²) >= 11 is 2.11. The molecule has 0 unspecified atom stereocenters. The van der Waals surface area contributed by atoms with Crippen LogP contribution in [0.25, 0.3) is 11.4 Å². The molecule has 88 valence electrons. The summed E-state index contributed by atoms with van der Waals surface area (Å²) in [7, 11) is 0. The molecule has 0 bridgehead atoms. The SMILES string of the molecule is Cc1cc(F)ccc1-c1nc(C)c(I)c(N)n1. The average Bonchev–Trinajstić information content (AvgIpc) is 2.25. The first-order valence-corrected chi connectivity index (χ1v) is 6.13. The van der Waals surface area contributed by atoms with Crippen molar-refractivity contribution in [3.05, 3.63) is 38.8 Å². The predicted octanol–water partition coefficient (Wildman–Crippen LogP) is 3.09. The molecule has 1 heterocycles. The van der Waals surface area contributed by atoms with Crippen LogP contribution in [0.2, 0.25) is 0 Å². The maximum Gasteiger partial charge on any atom is 0.162 e. The Balaban J connectivity index is 2.61. The number of hydrogen-bond acceptors (Lipinski definition) is 3. The molecule has 5 heteroatoms. The molecule has 0 atom stereocenters. The van der Waals surface area contributed by atoms with Gasteiger partial charge in [0.25, 0.3) is 0 Å². The van der Waals surface area contributed by atoms with E-state index in [0.717, 1.165) is 20.4 Å². The second-order valence-electron chi connectivity index (χ2n) is 3.79. The Morgan fingerprint density at radius 3 is 2.53 bits per heavy atom. The highest BCUT2D eigenvalue weighted by atomic mass is 127. The van der Waals surface area contributed by atoms with Crippen molar-refractivity contribution in [1.29, 1.82) is 0 Å². The van der Waals surface area contributed by atoms with Gasteiger partial charge in [0.05, 0.1) is 9.26 Å². The number of aryl methyl sites for hydroxylation is 2. The highest BCUT2D eigenvalue weighted by Crippen LogP contribution is 2.24. The lowest BCUT2D eigenvalue weighted by atomic mass is 10.1. The third-order valence-corrected chi connectivity index (χ3v) is 3.81. The molecular formula is C12H11FIN3. The summed E-state index contributed by atoms with van der Waals surface area (Å²) < 4.78 is 13.9. The summed E-state index contributed by atoms with van der Waals surface area (Å²) in [6.45, 7) is 3.70. The van der Waals surface area contributed by atoms with Crippen LogP contribution in [0.15, 0.2) is 18.2 Å². The lowest BCUT2D eigenvalue weighted by molar-refractivity contribution is 0.627. The topological polar surface area (TPSA) is 51.8 Å². The summed E-state index contributed by atoms with van der Waals surface area (Å²) in [5.41, 5.74) is 8.24. The molecule has 0 fully saturated rings. The number of aromatic nitrogens is 2. The lowest BCUT2D eigenvalue weighted by Crippen LogP contribution is -2.02. The molecule has 0 amide bonds. The Morgan fingerprint density at radius 2 is 1.94 bits per heavy atom. The third-order valence-electron chi connectivity index (χ3n) is 2.47. The first kappa shape index (κ1) is 12.2. The largest absolute Gasteiger partial charge is 0.383 e. The fourth-order valence-electron chi connectivity index (χ4n) is 1.58. The van der Waals surface area contributed by atoms with Gasteiger partial charge in [-0.05, 0) is 60.2 Å². The summed E-state index contributed by atoms with van der Waals surface area (Å²) in [4.78, 5) is 8.60. The molecular weight excluding hydrogens is 332 g/mol.